The number of hydrogen-bond acceptors (Lipinski definition) is 5. The summed E-state index contributed by atoms with van der Waals surface area (Å²) in [5.41, 5.74) is 4.21. The van der Waals surface area contributed by atoms with E-state index in [0.717, 1.165) is 22.0 Å². The molecular weight excluding hydrogens is 358 g/mol. The van der Waals surface area contributed by atoms with Gasteiger partial charge in [-0.05, 0) is 55.3 Å². The Morgan fingerprint density at radius 3 is 2.70 bits per heavy atom. The lowest BCUT2D eigenvalue weighted by Crippen LogP contribution is -2.14. The van der Waals surface area contributed by atoms with E-state index in [4.69, 9.17) is 4.74 Å². The monoisotopic (exact) mass is 377 g/mol. The molecule has 0 radical (unpaired) electrons. The van der Waals surface area contributed by atoms with E-state index in [-0.39, 0.29) is 11.7 Å². The average molecular weight is 377 g/mol. The SMILES string of the molecule is COc1ccccc1NC(=O)CSc1nc2cc(C)c(C)cc2cc1C#N. The lowest BCUT2D eigenvalue weighted by Gasteiger charge is -2.10. The number of para-hydroxylation sites is 2. The Hall–Kier alpha value is -3.04. The van der Waals surface area contributed by atoms with Crippen molar-refractivity contribution in [2.75, 3.05) is 18.2 Å². The molecule has 1 amide bonds. The largest absolute Gasteiger partial charge is 0.495 e. The van der Waals surface area contributed by atoms with Gasteiger partial charge in [0.25, 0.3) is 0 Å². The van der Waals surface area contributed by atoms with E-state index < -0.39 is 0 Å². The Kier molecular flexibility index (Phi) is 5.63. The molecule has 0 atom stereocenters. The minimum absolute atomic E-state index is 0.149. The van der Waals surface area contributed by atoms with E-state index >= 15 is 0 Å². The van der Waals surface area contributed by atoms with Crippen LogP contribution in [0.15, 0.2) is 47.5 Å². The van der Waals surface area contributed by atoms with Gasteiger partial charge in [-0.1, -0.05) is 23.9 Å². The van der Waals surface area contributed by atoms with Gasteiger partial charge in [-0.3, -0.25) is 4.79 Å². The standard InChI is InChI=1S/C21H19N3O2S/c1-13-8-15-10-16(11-22)21(24-18(15)9-14(13)2)27-12-20(25)23-17-6-4-5-7-19(17)26-3/h4-10H,12H2,1-3H3,(H,23,25). The van der Waals surface area contributed by atoms with E-state index in [1.54, 1.807) is 19.2 Å². The molecule has 6 heteroatoms. The number of carbonyl (C=O) groups is 1. The normalized spacial score (nSPS) is 10.4. The van der Waals surface area contributed by atoms with Crippen molar-refractivity contribution >= 4 is 34.3 Å². The lowest BCUT2D eigenvalue weighted by atomic mass is 10.1. The molecule has 1 heterocycles. The van der Waals surface area contributed by atoms with Crippen LogP contribution in [0, 0.1) is 25.2 Å². The van der Waals surface area contributed by atoms with Crippen LogP contribution < -0.4 is 10.1 Å². The van der Waals surface area contributed by atoms with Crippen molar-refractivity contribution in [3.05, 3.63) is 59.2 Å². The molecule has 0 aliphatic rings. The summed E-state index contributed by atoms with van der Waals surface area (Å²) in [6.07, 6.45) is 0. The third kappa shape index (κ3) is 4.21. The number of nitrogens with one attached hydrogen (secondary N) is 1. The fourth-order valence-corrected chi connectivity index (χ4v) is 3.44. The molecule has 3 aromatic rings. The van der Waals surface area contributed by atoms with Crippen LogP contribution in [0.25, 0.3) is 10.9 Å². The summed E-state index contributed by atoms with van der Waals surface area (Å²) in [5.74, 6) is 0.564. The molecule has 0 unspecified atom stereocenters. The molecule has 2 aromatic carbocycles. The van der Waals surface area contributed by atoms with Gasteiger partial charge in [-0.25, -0.2) is 4.98 Å². The van der Waals surface area contributed by atoms with Crippen LogP contribution in [-0.2, 0) is 4.79 Å². The zero-order valence-corrected chi connectivity index (χ0v) is 16.2. The van der Waals surface area contributed by atoms with Gasteiger partial charge in [0.05, 0.1) is 29.6 Å². The van der Waals surface area contributed by atoms with Gasteiger partial charge in [-0.15, -0.1) is 0 Å². The van der Waals surface area contributed by atoms with E-state index in [0.29, 0.717) is 22.0 Å². The van der Waals surface area contributed by atoms with E-state index in [1.807, 2.05) is 44.2 Å². The minimum Gasteiger partial charge on any atom is -0.495 e. The molecule has 0 saturated heterocycles. The fourth-order valence-electron chi connectivity index (χ4n) is 2.68. The number of fused-ring (bicyclic) bond motifs is 1. The van der Waals surface area contributed by atoms with E-state index in [2.05, 4.69) is 16.4 Å². The topological polar surface area (TPSA) is 75.0 Å². The number of thioether (sulfide) groups is 1. The third-order valence-electron chi connectivity index (χ3n) is 4.24. The maximum atomic E-state index is 12.3. The summed E-state index contributed by atoms with van der Waals surface area (Å²) in [6.45, 7) is 4.06. The van der Waals surface area contributed by atoms with Crippen molar-refractivity contribution in [2.45, 2.75) is 18.9 Å². The third-order valence-corrected chi connectivity index (χ3v) is 5.23. The molecule has 3 rings (SSSR count). The molecule has 5 nitrogen and oxygen atoms in total. The zero-order valence-electron chi connectivity index (χ0n) is 15.4. The number of rotatable bonds is 5. The Labute approximate surface area is 162 Å². The molecule has 0 bridgehead atoms. The van der Waals surface area contributed by atoms with Gasteiger partial charge >= 0.3 is 0 Å². The number of amides is 1. The van der Waals surface area contributed by atoms with Gasteiger partial charge < -0.3 is 10.1 Å². The zero-order chi connectivity index (χ0) is 19.4. The number of nitriles is 1. The second-order valence-electron chi connectivity index (χ2n) is 6.12. The number of aryl methyl sites for hydroxylation is 2. The van der Waals surface area contributed by atoms with Crippen LogP contribution in [-0.4, -0.2) is 23.8 Å². The number of aromatic nitrogens is 1. The molecule has 136 valence electrons. The number of nitrogens with zero attached hydrogens (tertiary/aromatic N) is 2. The summed E-state index contributed by atoms with van der Waals surface area (Å²) in [5, 5.41) is 13.8. The number of hydrogen-bond donors (Lipinski definition) is 1. The smallest absolute Gasteiger partial charge is 0.234 e. The van der Waals surface area contributed by atoms with Crippen molar-refractivity contribution in [2.24, 2.45) is 0 Å². The molecule has 1 N–H and O–H groups in total. The van der Waals surface area contributed by atoms with E-state index in [9.17, 15) is 10.1 Å². The van der Waals surface area contributed by atoms with Gasteiger partial charge in [0, 0.05) is 5.39 Å². The first-order chi connectivity index (χ1) is 13.0. The number of methoxy groups -OCH3 is 1. The van der Waals surface area contributed by atoms with Crippen LogP contribution in [0.1, 0.15) is 16.7 Å². The van der Waals surface area contributed by atoms with Gasteiger partial charge in [0.1, 0.15) is 16.8 Å². The summed E-state index contributed by atoms with van der Waals surface area (Å²) >= 11 is 1.25. The van der Waals surface area contributed by atoms with Crippen LogP contribution in [0.3, 0.4) is 0 Å². The Morgan fingerprint density at radius 2 is 1.96 bits per heavy atom. The van der Waals surface area contributed by atoms with Crippen LogP contribution in [0.2, 0.25) is 0 Å². The van der Waals surface area contributed by atoms with E-state index in [1.165, 1.54) is 11.8 Å². The van der Waals surface area contributed by atoms with Crippen molar-refractivity contribution in [3.63, 3.8) is 0 Å². The first kappa shape index (κ1) is 18.7. The predicted octanol–water partition coefficient (Wildman–Crippen LogP) is 4.46. The first-order valence-corrected chi connectivity index (χ1v) is 9.38. The molecule has 27 heavy (non-hydrogen) atoms. The van der Waals surface area contributed by atoms with Crippen molar-refractivity contribution < 1.29 is 9.53 Å². The number of ether oxygens (including phenoxy) is 1. The quantitative estimate of drug-likeness (QED) is 0.664. The fraction of sp³-hybridized carbons (Fsp3) is 0.190. The summed E-state index contributed by atoms with van der Waals surface area (Å²) in [6, 6.07) is 15.3. The van der Waals surface area contributed by atoms with Crippen molar-refractivity contribution in [3.8, 4) is 11.8 Å². The first-order valence-electron chi connectivity index (χ1n) is 8.39. The Morgan fingerprint density at radius 1 is 1.22 bits per heavy atom. The van der Waals surface area contributed by atoms with Gasteiger partial charge in [0.15, 0.2) is 0 Å². The summed E-state index contributed by atoms with van der Waals surface area (Å²) < 4.78 is 5.24. The lowest BCUT2D eigenvalue weighted by molar-refractivity contribution is -0.113. The number of pyridine rings is 1. The molecule has 0 aliphatic heterocycles. The van der Waals surface area contributed by atoms with Crippen molar-refractivity contribution in [1.29, 1.82) is 5.26 Å². The van der Waals surface area contributed by atoms with Gasteiger partial charge in [-0.2, -0.15) is 5.26 Å². The Bertz CT molecular complexity index is 1060. The Balaban J connectivity index is 1.79. The van der Waals surface area contributed by atoms with Crippen molar-refractivity contribution in [1.82, 2.24) is 4.98 Å². The summed E-state index contributed by atoms with van der Waals surface area (Å²) in [7, 11) is 1.56. The predicted molar refractivity (Wildman–Crippen MR) is 108 cm³/mol. The highest BCUT2D eigenvalue weighted by molar-refractivity contribution is 8.00. The molecular formula is C21H19N3O2S. The average Bonchev–Trinajstić information content (AvgIpc) is 2.67. The maximum absolute atomic E-state index is 12.3. The number of benzene rings is 2. The highest BCUT2D eigenvalue weighted by atomic mass is 32.2. The van der Waals surface area contributed by atoms with Crippen LogP contribution >= 0.6 is 11.8 Å². The second kappa shape index (κ2) is 8.11. The highest BCUT2D eigenvalue weighted by Gasteiger charge is 2.12. The number of anilines is 1. The molecule has 1 aromatic heterocycles. The van der Waals surface area contributed by atoms with Gasteiger partial charge in [0.2, 0.25) is 5.91 Å². The minimum atomic E-state index is -0.185. The highest BCUT2D eigenvalue weighted by Crippen LogP contribution is 2.27. The molecule has 0 spiro atoms. The molecule has 0 saturated carbocycles. The molecule has 0 fully saturated rings. The van der Waals surface area contributed by atoms with Crippen LogP contribution in [0.4, 0.5) is 5.69 Å². The second-order valence-corrected chi connectivity index (χ2v) is 7.08. The summed E-state index contributed by atoms with van der Waals surface area (Å²) in [4.78, 5) is 16.9. The molecule has 0 aliphatic carbocycles. The maximum Gasteiger partial charge on any atom is 0.234 e. The van der Waals surface area contributed by atoms with Crippen LogP contribution in [0.5, 0.6) is 5.75 Å². The number of carbonyl (C=O) groups excluding carboxylic acids is 1.